The second kappa shape index (κ2) is 8.53. The van der Waals surface area contributed by atoms with Crippen LogP contribution in [0.1, 0.15) is 12.5 Å². The van der Waals surface area contributed by atoms with Crippen molar-refractivity contribution in [2.45, 2.75) is 12.5 Å². The molecule has 1 saturated heterocycles. The van der Waals surface area contributed by atoms with Crippen molar-refractivity contribution in [1.29, 1.82) is 0 Å². The van der Waals surface area contributed by atoms with E-state index in [4.69, 9.17) is 14.2 Å². The Labute approximate surface area is 193 Å². The molecule has 0 amide bonds. The van der Waals surface area contributed by atoms with Crippen LogP contribution >= 0.6 is 0 Å². The van der Waals surface area contributed by atoms with Crippen LogP contribution < -0.4 is 15.0 Å². The molecular formula is C24H22F2N4O4. The van der Waals surface area contributed by atoms with Gasteiger partial charge in [-0.2, -0.15) is 5.10 Å². The maximum atomic E-state index is 15.3. The number of aryl methyl sites for hydroxylation is 1. The topological polar surface area (TPSA) is 80.4 Å². The number of halogens is 2. The average Bonchev–Trinajstić information content (AvgIpc) is 3.51. The van der Waals surface area contributed by atoms with Crippen LogP contribution in [-0.4, -0.2) is 46.8 Å². The lowest BCUT2D eigenvalue weighted by atomic mass is 10.0. The van der Waals surface area contributed by atoms with Crippen molar-refractivity contribution in [1.82, 2.24) is 19.3 Å². The average molecular weight is 468 g/mol. The molecule has 1 unspecified atom stereocenters. The lowest BCUT2D eigenvalue weighted by molar-refractivity contribution is 0.186. The van der Waals surface area contributed by atoms with E-state index in [0.717, 1.165) is 11.6 Å². The second-order valence-electron chi connectivity index (χ2n) is 8.07. The molecule has 1 fully saturated rings. The van der Waals surface area contributed by atoms with Gasteiger partial charge in [0, 0.05) is 43.1 Å². The summed E-state index contributed by atoms with van der Waals surface area (Å²) in [6.45, 7) is 0.800. The first kappa shape index (κ1) is 22.0. The largest absolute Gasteiger partial charge is 0.494 e. The number of pyridine rings is 2. The molecule has 1 aliphatic rings. The molecule has 3 aromatic heterocycles. The number of ether oxygens (including phenoxy) is 3. The van der Waals surface area contributed by atoms with E-state index in [0.29, 0.717) is 36.2 Å². The summed E-state index contributed by atoms with van der Waals surface area (Å²) in [5.41, 5.74) is 0.799. The van der Waals surface area contributed by atoms with Gasteiger partial charge in [-0.25, -0.2) is 8.78 Å². The summed E-state index contributed by atoms with van der Waals surface area (Å²) in [5, 5.41) is 4.73. The molecule has 8 nitrogen and oxygen atoms in total. The highest BCUT2D eigenvalue weighted by Gasteiger charge is 2.28. The predicted molar refractivity (Wildman–Crippen MR) is 121 cm³/mol. The van der Waals surface area contributed by atoms with Gasteiger partial charge in [-0.05, 0) is 18.6 Å². The zero-order chi connectivity index (χ0) is 24.0. The number of hydrogen-bond donors (Lipinski definition) is 0. The van der Waals surface area contributed by atoms with Crippen LogP contribution in [0.2, 0.25) is 0 Å². The van der Waals surface area contributed by atoms with Gasteiger partial charge in [0.05, 0.1) is 55.4 Å². The van der Waals surface area contributed by atoms with Crippen molar-refractivity contribution in [2.24, 2.45) is 7.05 Å². The third-order valence-electron chi connectivity index (χ3n) is 6.03. The minimum absolute atomic E-state index is 0.150. The Kier molecular flexibility index (Phi) is 5.52. The number of methoxy groups -OCH3 is 2. The molecule has 1 aliphatic heterocycles. The molecule has 0 bridgehead atoms. The van der Waals surface area contributed by atoms with E-state index in [1.165, 1.54) is 20.3 Å². The number of hydrogen-bond acceptors (Lipinski definition) is 6. The molecule has 0 radical (unpaired) electrons. The number of nitrogens with zero attached hydrogens (tertiary/aromatic N) is 4. The fraction of sp³-hybridized carbons (Fsp3) is 0.292. The normalized spacial score (nSPS) is 15.7. The summed E-state index contributed by atoms with van der Waals surface area (Å²) in [7, 11) is 4.32. The molecule has 176 valence electrons. The first-order chi connectivity index (χ1) is 16.4. The summed E-state index contributed by atoms with van der Waals surface area (Å²) in [6, 6.07) is 4.05. The third-order valence-corrected chi connectivity index (χ3v) is 6.03. The van der Waals surface area contributed by atoms with Crippen LogP contribution in [0.5, 0.6) is 11.5 Å². The molecule has 0 N–H and O–H groups in total. The number of rotatable bonds is 5. The van der Waals surface area contributed by atoms with Crippen molar-refractivity contribution < 1.29 is 23.0 Å². The molecule has 1 aromatic carbocycles. The Balaban J connectivity index is 1.82. The number of benzene rings is 1. The van der Waals surface area contributed by atoms with Gasteiger partial charge < -0.3 is 18.8 Å². The molecule has 10 heteroatoms. The molecule has 5 rings (SSSR count). The highest BCUT2D eigenvalue weighted by atomic mass is 19.1. The first-order valence-electron chi connectivity index (χ1n) is 10.6. The van der Waals surface area contributed by atoms with Gasteiger partial charge >= 0.3 is 0 Å². The van der Waals surface area contributed by atoms with Crippen LogP contribution in [0.4, 0.5) is 8.78 Å². The summed E-state index contributed by atoms with van der Waals surface area (Å²) >= 11 is 0. The maximum absolute atomic E-state index is 15.3. The van der Waals surface area contributed by atoms with Gasteiger partial charge in [0.2, 0.25) is 0 Å². The molecule has 0 aliphatic carbocycles. The molecular weight excluding hydrogens is 446 g/mol. The smallest absolute Gasteiger partial charge is 0.259 e. The van der Waals surface area contributed by atoms with Crippen LogP contribution in [0, 0.1) is 11.6 Å². The molecule has 4 aromatic rings. The summed E-state index contributed by atoms with van der Waals surface area (Å²) in [5.74, 6) is -2.42. The SMILES string of the molecule is COc1cc(OC)c(F)c(-c2cc3cnc(-c4cnn(C)c4)cc3n(C3CCOC3)c2=O)c1F. The molecule has 0 spiro atoms. The molecule has 34 heavy (non-hydrogen) atoms. The minimum Gasteiger partial charge on any atom is -0.494 e. The van der Waals surface area contributed by atoms with Crippen LogP contribution in [0.3, 0.4) is 0 Å². The van der Waals surface area contributed by atoms with E-state index in [1.807, 2.05) is 6.20 Å². The third kappa shape index (κ3) is 3.50. The molecule has 4 heterocycles. The molecule has 0 saturated carbocycles. The van der Waals surface area contributed by atoms with Crippen molar-refractivity contribution in [3.05, 3.63) is 58.8 Å². The Morgan fingerprint density at radius 2 is 1.82 bits per heavy atom. The van der Waals surface area contributed by atoms with E-state index < -0.39 is 22.8 Å². The lowest BCUT2D eigenvalue weighted by Crippen LogP contribution is -2.27. The Hall–Kier alpha value is -3.79. The van der Waals surface area contributed by atoms with Gasteiger partial charge in [0.15, 0.2) is 23.1 Å². The zero-order valence-corrected chi connectivity index (χ0v) is 18.8. The van der Waals surface area contributed by atoms with Crippen LogP contribution in [-0.2, 0) is 11.8 Å². The highest BCUT2D eigenvalue weighted by Crippen LogP contribution is 2.38. The van der Waals surface area contributed by atoms with Gasteiger partial charge in [-0.1, -0.05) is 0 Å². The Morgan fingerprint density at radius 3 is 2.41 bits per heavy atom. The quantitative estimate of drug-likeness (QED) is 0.444. The van der Waals surface area contributed by atoms with E-state index in [2.05, 4.69) is 10.1 Å². The summed E-state index contributed by atoms with van der Waals surface area (Å²) < 4.78 is 49.4. The standard InChI is InChI=1S/C24H22F2N4O4/c1-29-11-14(10-28-29)17-7-18-13(9-27-17)6-16(24(31)30(18)15-4-5-34-12-15)21-22(25)19(32-2)8-20(33-3)23(21)26/h6-11,15H,4-5,12H2,1-3H3. The highest BCUT2D eigenvalue weighted by molar-refractivity contribution is 5.87. The maximum Gasteiger partial charge on any atom is 0.259 e. The number of fused-ring (bicyclic) bond motifs is 1. The second-order valence-corrected chi connectivity index (χ2v) is 8.07. The van der Waals surface area contributed by atoms with Crippen LogP contribution in [0.15, 0.2) is 41.6 Å². The predicted octanol–water partition coefficient (Wildman–Crippen LogP) is 3.72. The van der Waals surface area contributed by atoms with Crippen LogP contribution in [0.25, 0.3) is 33.3 Å². The van der Waals surface area contributed by atoms with Crippen molar-refractivity contribution >= 4 is 10.9 Å². The summed E-state index contributed by atoms with van der Waals surface area (Å²) in [4.78, 5) is 18.3. The van der Waals surface area contributed by atoms with E-state index in [9.17, 15) is 4.79 Å². The Morgan fingerprint density at radius 1 is 1.09 bits per heavy atom. The fourth-order valence-corrected chi connectivity index (χ4v) is 4.33. The van der Waals surface area contributed by atoms with Gasteiger partial charge in [0.1, 0.15) is 0 Å². The van der Waals surface area contributed by atoms with E-state index in [1.54, 1.807) is 34.8 Å². The summed E-state index contributed by atoms with van der Waals surface area (Å²) in [6.07, 6.45) is 5.67. The lowest BCUT2D eigenvalue weighted by Gasteiger charge is -2.19. The first-order valence-corrected chi connectivity index (χ1v) is 10.6. The van der Waals surface area contributed by atoms with E-state index in [-0.39, 0.29) is 23.1 Å². The monoisotopic (exact) mass is 468 g/mol. The van der Waals surface area contributed by atoms with Gasteiger partial charge in [-0.3, -0.25) is 14.5 Å². The van der Waals surface area contributed by atoms with Gasteiger partial charge in [0.25, 0.3) is 5.56 Å². The van der Waals surface area contributed by atoms with Crippen molar-refractivity contribution in [2.75, 3.05) is 27.4 Å². The van der Waals surface area contributed by atoms with Gasteiger partial charge in [-0.15, -0.1) is 0 Å². The van der Waals surface area contributed by atoms with E-state index >= 15 is 8.78 Å². The number of aromatic nitrogens is 4. The zero-order valence-electron chi connectivity index (χ0n) is 18.8. The Bertz CT molecular complexity index is 1430. The molecule has 1 atom stereocenters. The minimum atomic E-state index is -0.980. The fourth-order valence-electron chi connectivity index (χ4n) is 4.33. The van der Waals surface area contributed by atoms with Crippen molar-refractivity contribution in [3.8, 4) is 33.9 Å². The van der Waals surface area contributed by atoms with Crippen molar-refractivity contribution in [3.63, 3.8) is 0 Å².